The van der Waals surface area contributed by atoms with Crippen LogP contribution in [0.3, 0.4) is 0 Å². The second kappa shape index (κ2) is 2.69. The predicted molar refractivity (Wildman–Crippen MR) is 47.2 cm³/mol. The molecule has 0 unspecified atom stereocenters. The topological polar surface area (TPSA) is 30.2 Å². The smallest absolute Gasteiger partial charge is 0.342 e. The largest absolute Gasteiger partial charge is 0.422 e. The average Bonchev–Trinajstić information content (AvgIpc) is 2.15. The maximum Gasteiger partial charge on any atom is 0.342 e. The molecule has 0 bridgehead atoms. The fourth-order valence-corrected chi connectivity index (χ4v) is 1.20. The van der Waals surface area contributed by atoms with Crippen LogP contribution in [0.2, 0.25) is 0 Å². The van der Waals surface area contributed by atoms with E-state index in [1.54, 1.807) is 24.3 Å². The van der Waals surface area contributed by atoms with Gasteiger partial charge in [-0.25, -0.2) is 9.18 Å². The third kappa shape index (κ3) is 1.13. The Kier molecular flexibility index (Phi) is 1.65. The molecule has 13 heavy (non-hydrogen) atoms. The molecule has 0 saturated carbocycles. The lowest BCUT2D eigenvalue weighted by atomic mass is 10.2. The van der Waals surface area contributed by atoms with Gasteiger partial charge in [-0.05, 0) is 19.1 Å². The Morgan fingerprint density at radius 1 is 1.31 bits per heavy atom. The first-order valence-electron chi connectivity index (χ1n) is 3.88. The Bertz CT molecular complexity index is 514. The quantitative estimate of drug-likeness (QED) is 0.579. The summed E-state index contributed by atoms with van der Waals surface area (Å²) in [5.41, 5.74) is -0.300. The summed E-state index contributed by atoms with van der Waals surface area (Å²) in [6.45, 7) is 1.41. The molecule has 0 amide bonds. The zero-order chi connectivity index (χ0) is 9.42. The lowest BCUT2D eigenvalue weighted by Crippen LogP contribution is -2.05. The van der Waals surface area contributed by atoms with Crippen LogP contribution >= 0.6 is 0 Å². The van der Waals surface area contributed by atoms with Crippen molar-refractivity contribution in [1.29, 1.82) is 0 Å². The van der Waals surface area contributed by atoms with E-state index in [1.807, 2.05) is 0 Å². The van der Waals surface area contributed by atoms with Gasteiger partial charge in [-0.3, -0.25) is 0 Å². The molecule has 0 N–H and O–H groups in total. The van der Waals surface area contributed by atoms with E-state index in [2.05, 4.69) is 0 Å². The van der Waals surface area contributed by atoms with E-state index in [0.717, 1.165) is 0 Å². The zero-order valence-corrected chi connectivity index (χ0v) is 7.00. The molecule has 0 aliphatic heterocycles. The van der Waals surface area contributed by atoms with Crippen LogP contribution < -0.4 is 5.63 Å². The second-order valence-corrected chi connectivity index (χ2v) is 2.82. The first-order valence-corrected chi connectivity index (χ1v) is 3.88. The van der Waals surface area contributed by atoms with Gasteiger partial charge in [0.2, 0.25) is 0 Å². The van der Waals surface area contributed by atoms with Crippen LogP contribution in [0, 0.1) is 12.7 Å². The maximum absolute atomic E-state index is 13.4. The van der Waals surface area contributed by atoms with Gasteiger partial charge in [-0.2, -0.15) is 0 Å². The Morgan fingerprint density at radius 2 is 2.00 bits per heavy atom. The molecule has 1 aromatic heterocycles. The van der Waals surface area contributed by atoms with Crippen LogP contribution in [-0.4, -0.2) is 0 Å². The monoisotopic (exact) mass is 178 g/mol. The van der Waals surface area contributed by atoms with Gasteiger partial charge in [-0.15, -0.1) is 0 Å². The highest BCUT2D eigenvalue weighted by atomic mass is 19.1. The summed E-state index contributed by atoms with van der Waals surface area (Å²) in [5, 5.41) is 0.347. The summed E-state index contributed by atoms with van der Waals surface area (Å²) >= 11 is 0. The number of para-hydroxylation sites is 1. The van der Waals surface area contributed by atoms with Crippen LogP contribution in [0.25, 0.3) is 11.0 Å². The summed E-state index contributed by atoms with van der Waals surface area (Å²) < 4.78 is 18.3. The van der Waals surface area contributed by atoms with Crippen molar-refractivity contribution >= 4 is 11.0 Å². The summed E-state index contributed by atoms with van der Waals surface area (Å²) in [5.74, 6) is -0.494. The van der Waals surface area contributed by atoms with Crippen molar-refractivity contribution in [3.05, 3.63) is 46.1 Å². The van der Waals surface area contributed by atoms with Crippen LogP contribution in [0.1, 0.15) is 5.56 Å². The highest BCUT2D eigenvalue weighted by Gasteiger charge is 2.08. The molecule has 0 aliphatic rings. The van der Waals surface area contributed by atoms with E-state index in [4.69, 9.17) is 4.42 Å². The molecule has 0 atom stereocenters. The summed E-state index contributed by atoms with van der Waals surface area (Å²) in [4.78, 5) is 11.0. The van der Waals surface area contributed by atoms with Gasteiger partial charge in [0.15, 0.2) is 0 Å². The SMILES string of the molecule is Cc1c(F)c2ccccc2oc1=O. The lowest BCUT2D eigenvalue weighted by Gasteiger charge is -1.99. The van der Waals surface area contributed by atoms with E-state index in [-0.39, 0.29) is 11.1 Å². The normalized spacial score (nSPS) is 10.6. The van der Waals surface area contributed by atoms with Crippen molar-refractivity contribution in [2.45, 2.75) is 6.92 Å². The standard InChI is InChI=1S/C10H7FO2/c1-6-9(11)7-4-2-3-5-8(7)13-10(6)12/h2-5H,1H3. The fraction of sp³-hybridized carbons (Fsp3) is 0.100. The van der Waals surface area contributed by atoms with Gasteiger partial charge >= 0.3 is 5.63 Å². The molecule has 2 rings (SSSR count). The number of rotatable bonds is 0. The third-order valence-corrected chi connectivity index (χ3v) is 1.96. The molecule has 0 fully saturated rings. The Morgan fingerprint density at radius 3 is 2.77 bits per heavy atom. The molecule has 0 radical (unpaired) electrons. The fourth-order valence-electron chi connectivity index (χ4n) is 1.20. The van der Waals surface area contributed by atoms with E-state index in [1.165, 1.54) is 6.92 Å². The molecule has 0 spiro atoms. The number of fused-ring (bicyclic) bond motifs is 1. The highest BCUT2D eigenvalue weighted by Crippen LogP contribution is 2.16. The van der Waals surface area contributed by atoms with Gasteiger partial charge in [-0.1, -0.05) is 12.1 Å². The summed E-state index contributed by atoms with van der Waals surface area (Å²) in [6, 6.07) is 6.55. The number of halogens is 1. The van der Waals surface area contributed by atoms with E-state index < -0.39 is 11.4 Å². The van der Waals surface area contributed by atoms with Crippen molar-refractivity contribution in [3.63, 3.8) is 0 Å². The van der Waals surface area contributed by atoms with Gasteiger partial charge in [0, 0.05) is 0 Å². The Hall–Kier alpha value is -1.64. The molecule has 0 saturated heterocycles. The molecule has 2 aromatic rings. The number of hydrogen-bond donors (Lipinski definition) is 0. The van der Waals surface area contributed by atoms with E-state index in [0.29, 0.717) is 5.39 Å². The van der Waals surface area contributed by atoms with Gasteiger partial charge < -0.3 is 4.42 Å². The summed E-state index contributed by atoms with van der Waals surface area (Å²) in [7, 11) is 0. The molecule has 0 aliphatic carbocycles. The summed E-state index contributed by atoms with van der Waals surface area (Å²) in [6.07, 6.45) is 0. The van der Waals surface area contributed by atoms with Crippen LogP contribution in [0.5, 0.6) is 0 Å². The molecule has 3 heteroatoms. The molecular weight excluding hydrogens is 171 g/mol. The highest BCUT2D eigenvalue weighted by molar-refractivity contribution is 5.77. The van der Waals surface area contributed by atoms with Gasteiger partial charge in [0.1, 0.15) is 11.4 Å². The first kappa shape index (κ1) is 7.98. The van der Waals surface area contributed by atoms with Crippen LogP contribution in [0.15, 0.2) is 33.5 Å². The first-order chi connectivity index (χ1) is 6.20. The molecule has 1 heterocycles. The van der Waals surface area contributed by atoms with Crippen molar-refractivity contribution < 1.29 is 8.81 Å². The minimum absolute atomic E-state index is 0.0266. The molecule has 1 aromatic carbocycles. The second-order valence-electron chi connectivity index (χ2n) is 2.82. The third-order valence-electron chi connectivity index (χ3n) is 1.96. The minimum Gasteiger partial charge on any atom is -0.422 e. The molecular formula is C10H7FO2. The van der Waals surface area contributed by atoms with Crippen LogP contribution in [0.4, 0.5) is 4.39 Å². The predicted octanol–water partition coefficient (Wildman–Crippen LogP) is 2.24. The van der Waals surface area contributed by atoms with Crippen molar-refractivity contribution in [2.24, 2.45) is 0 Å². The maximum atomic E-state index is 13.4. The van der Waals surface area contributed by atoms with Gasteiger partial charge in [0.05, 0.1) is 10.9 Å². The zero-order valence-electron chi connectivity index (χ0n) is 7.00. The van der Waals surface area contributed by atoms with Crippen LogP contribution in [-0.2, 0) is 0 Å². The van der Waals surface area contributed by atoms with E-state index >= 15 is 0 Å². The number of hydrogen-bond acceptors (Lipinski definition) is 2. The average molecular weight is 178 g/mol. The van der Waals surface area contributed by atoms with Crippen molar-refractivity contribution in [2.75, 3.05) is 0 Å². The Labute approximate surface area is 73.6 Å². The van der Waals surface area contributed by atoms with Crippen molar-refractivity contribution in [1.82, 2.24) is 0 Å². The van der Waals surface area contributed by atoms with Crippen molar-refractivity contribution in [3.8, 4) is 0 Å². The number of benzene rings is 1. The minimum atomic E-state index is -0.615. The van der Waals surface area contributed by atoms with Gasteiger partial charge in [0.25, 0.3) is 0 Å². The Balaban J connectivity index is 3.02. The van der Waals surface area contributed by atoms with E-state index in [9.17, 15) is 9.18 Å². The molecule has 2 nitrogen and oxygen atoms in total. The molecule has 66 valence electrons. The lowest BCUT2D eigenvalue weighted by molar-refractivity contribution is 0.528.